The zero-order valence-corrected chi connectivity index (χ0v) is 9.20. The quantitative estimate of drug-likeness (QED) is 0.632. The van der Waals surface area contributed by atoms with Gasteiger partial charge in [-0.05, 0) is 12.3 Å². The van der Waals surface area contributed by atoms with Crippen LogP contribution in [0, 0.1) is 11.8 Å². The van der Waals surface area contributed by atoms with Crippen molar-refractivity contribution in [2.24, 2.45) is 11.8 Å². The Morgan fingerprint density at radius 3 is 2.14 bits per heavy atom. The van der Waals surface area contributed by atoms with Gasteiger partial charge in [-0.2, -0.15) is 0 Å². The molecule has 0 spiro atoms. The third-order valence-corrected chi connectivity index (χ3v) is 2.35. The van der Waals surface area contributed by atoms with Crippen molar-refractivity contribution in [3.63, 3.8) is 0 Å². The molecule has 0 rings (SSSR count). The molecule has 0 aliphatic carbocycles. The van der Waals surface area contributed by atoms with Crippen LogP contribution in [0.5, 0.6) is 0 Å². The largest absolute Gasteiger partial charge is 0.469 e. The van der Waals surface area contributed by atoms with E-state index in [4.69, 9.17) is 0 Å². The van der Waals surface area contributed by atoms with E-state index in [2.05, 4.69) is 9.47 Å². The lowest BCUT2D eigenvalue weighted by Gasteiger charge is -2.18. The van der Waals surface area contributed by atoms with Crippen LogP contribution in [-0.4, -0.2) is 26.2 Å². The minimum Gasteiger partial charge on any atom is -0.469 e. The van der Waals surface area contributed by atoms with Gasteiger partial charge in [0.05, 0.1) is 20.1 Å². The molecule has 0 bridgehead atoms. The van der Waals surface area contributed by atoms with Gasteiger partial charge in [0, 0.05) is 6.42 Å². The molecule has 0 aromatic rings. The molecule has 82 valence electrons. The molecule has 0 aliphatic rings. The summed E-state index contributed by atoms with van der Waals surface area (Å²) < 4.78 is 9.19. The maximum atomic E-state index is 11.3. The minimum atomic E-state index is -0.292. The lowest BCUT2D eigenvalue weighted by Crippen LogP contribution is -2.24. The summed E-state index contributed by atoms with van der Waals surface area (Å²) in [6.45, 7) is 3.75. The number of hydrogen-bond donors (Lipinski definition) is 0. The molecule has 0 heterocycles. The van der Waals surface area contributed by atoms with Crippen LogP contribution in [0.4, 0.5) is 0 Å². The van der Waals surface area contributed by atoms with E-state index in [-0.39, 0.29) is 30.2 Å². The number of methoxy groups -OCH3 is 2. The van der Waals surface area contributed by atoms with Gasteiger partial charge >= 0.3 is 11.9 Å². The van der Waals surface area contributed by atoms with E-state index in [1.165, 1.54) is 14.2 Å². The second-order valence-corrected chi connectivity index (χ2v) is 3.30. The number of rotatable bonds is 5. The van der Waals surface area contributed by atoms with Gasteiger partial charge in [-0.1, -0.05) is 13.8 Å². The Labute approximate surface area is 84.6 Å². The predicted octanol–water partition coefficient (Wildman–Crippen LogP) is 1.38. The minimum absolute atomic E-state index is 0.0418. The Bertz CT molecular complexity index is 200. The molecular formula is C10H18O4. The fourth-order valence-electron chi connectivity index (χ4n) is 1.44. The van der Waals surface area contributed by atoms with Crippen molar-refractivity contribution in [1.82, 2.24) is 0 Å². The average Bonchev–Trinajstić information content (AvgIpc) is 2.18. The summed E-state index contributed by atoms with van der Waals surface area (Å²) in [6.07, 6.45) is 0.926. The van der Waals surface area contributed by atoms with E-state index in [9.17, 15) is 9.59 Å². The number of ether oxygens (including phenoxy) is 2. The number of carbonyl (C=O) groups excluding carboxylic acids is 2. The van der Waals surface area contributed by atoms with Crippen LogP contribution >= 0.6 is 0 Å². The van der Waals surface area contributed by atoms with Crippen molar-refractivity contribution in [3.05, 3.63) is 0 Å². The summed E-state index contributed by atoms with van der Waals surface area (Å²) in [4.78, 5) is 22.3. The van der Waals surface area contributed by atoms with Crippen molar-refractivity contribution in [2.45, 2.75) is 26.7 Å². The summed E-state index contributed by atoms with van der Waals surface area (Å²) in [5.74, 6) is -0.817. The van der Waals surface area contributed by atoms with E-state index in [1.807, 2.05) is 13.8 Å². The van der Waals surface area contributed by atoms with Crippen LogP contribution in [0.2, 0.25) is 0 Å². The summed E-state index contributed by atoms with van der Waals surface area (Å²) in [6, 6.07) is 0. The Hall–Kier alpha value is -1.06. The maximum absolute atomic E-state index is 11.3. The molecule has 0 saturated heterocycles. The van der Waals surface area contributed by atoms with Crippen molar-refractivity contribution in [3.8, 4) is 0 Å². The molecular weight excluding hydrogens is 184 g/mol. The molecule has 4 heteroatoms. The Balaban J connectivity index is 4.23. The molecule has 0 N–H and O–H groups in total. The highest BCUT2D eigenvalue weighted by Crippen LogP contribution is 2.20. The van der Waals surface area contributed by atoms with Crippen molar-refractivity contribution in [2.75, 3.05) is 14.2 Å². The van der Waals surface area contributed by atoms with E-state index in [1.54, 1.807) is 0 Å². The summed E-state index contributed by atoms with van der Waals surface area (Å²) in [7, 11) is 2.70. The van der Waals surface area contributed by atoms with Gasteiger partial charge in [-0.3, -0.25) is 9.59 Å². The third-order valence-electron chi connectivity index (χ3n) is 2.35. The van der Waals surface area contributed by atoms with E-state index < -0.39 is 0 Å². The molecule has 0 aliphatic heterocycles. The van der Waals surface area contributed by atoms with Crippen LogP contribution in [0.3, 0.4) is 0 Å². The molecule has 0 amide bonds. The first kappa shape index (κ1) is 12.9. The predicted molar refractivity (Wildman–Crippen MR) is 51.6 cm³/mol. The highest BCUT2D eigenvalue weighted by Gasteiger charge is 2.26. The molecule has 0 fully saturated rings. The first-order valence-corrected chi connectivity index (χ1v) is 4.71. The van der Waals surface area contributed by atoms with E-state index >= 15 is 0 Å². The van der Waals surface area contributed by atoms with Gasteiger partial charge in [0.1, 0.15) is 0 Å². The average molecular weight is 202 g/mol. The first-order valence-electron chi connectivity index (χ1n) is 4.71. The number of carbonyl (C=O) groups is 2. The SMILES string of the molecule is CC[C@@H](C(=O)OC)[C@@H](C)CC(=O)OC. The lowest BCUT2D eigenvalue weighted by atomic mass is 9.89. The Kier molecular flexibility index (Phi) is 5.92. The first-order chi connectivity index (χ1) is 6.56. The molecule has 4 nitrogen and oxygen atoms in total. The second kappa shape index (κ2) is 6.40. The summed E-state index contributed by atoms with van der Waals surface area (Å²) >= 11 is 0. The van der Waals surface area contributed by atoms with E-state index in [0.717, 1.165) is 0 Å². The highest BCUT2D eigenvalue weighted by atomic mass is 16.5. The highest BCUT2D eigenvalue weighted by molar-refractivity contribution is 5.75. The van der Waals surface area contributed by atoms with Gasteiger partial charge in [-0.15, -0.1) is 0 Å². The maximum Gasteiger partial charge on any atom is 0.308 e. The zero-order valence-electron chi connectivity index (χ0n) is 9.20. The zero-order chi connectivity index (χ0) is 11.1. The molecule has 0 radical (unpaired) electrons. The van der Waals surface area contributed by atoms with Crippen molar-refractivity contribution >= 4 is 11.9 Å². The smallest absolute Gasteiger partial charge is 0.308 e. The van der Waals surface area contributed by atoms with Crippen molar-refractivity contribution in [1.29, 1.82) is 0 Å². The molecule has 2 atom stereocenters. The van der Waals surface area contributed by atoms with Gasteiger partial charge in [0.25, 0.3) is 0 Å². The van der Waals surface area contributed by atoms with Gasteiger partial charge in [-0.25, -0.2) is 0 Å². The van der Waals surface area contributed by atoms with Gasteiger partial charge < -0.3 is 9.47 Å². The normalized spacial score (nSPS) is 14.3. The Morgan fingerprint density at radius 1 is 1.21 bits per heavy atom. The second-order valence-electron chi connectivity index (χ2n) is 3.30. The standard InChI is InChI=1S/C10H18O4/c1-5-8(10(12)14-4)7(2)6-9(11)13-3/h7-8H,5-6H2,1-4H3/t7-,8+/m0/s1. The number of esters is 2. The monoisotopic (exact) mass is 202 g/mol. The molecule has 0 aromatic carbocycles. The molecule has 0 aromatic heterocycles. The van der Waals surface area contributed by atoms with Gasteiger partial charge in [0.15, 0.2) is 0 Å². The molecule has 0 saturated carbocycles. The fraction of sp³-hybridized carbons (Fsp3) is 0.800. The van der Waals surface area contributed by atoms with E-state index in [0.29, 0.717) is 6.42 Å². The van der Waals surface area contributed by atoms with Gasteiger partial charge in [0.2, 0.25) is 0 Å². The van der Waals surface area contributed by atoms with Crippen LogP contribution < -0.4 is 0 Å². The van der Waals surface area contributed by atoms with Crippen LogP contribution in [-0.2, 0) is 19.1 Å². The third kappa shape index (κ3) is 3.77. The molecule has 0 unspecified atom stereocenters. The molecule has 14 heavy (non-hydrogen) atoms. The Morgan fingerprint density at radius 2 is 1.79 bits per heavy atom. The van der Waals surface area contributed by atoms with Crippen LogP contribution in [0.15, 0.2) is 0 Å². The topological polar surface area (TPSA) is 52.6 Å². The van der Waals surface area contributed by atoms with Crippen LogP contribution in [0.25, 0.3) is 0 Å². The van der Waals surface area contributed by atoms with Crippen LogP contribution in [0.1, 0.15) is 26.7 Å². The number of hydrogen-bond acceptors (Lipinski definition) is 4. The fourth-order valence-corrected chi connectivity index (χ4v) is 1.44. The summed E-state index contributed by atoms with van der Waals surface area (Å²) in [5.41, 5.74) is 0. The summed E-state index contributed by atoms with van der Waals surface area (Å²) in [5, 5.41) is 0. The van der Waals surface area contributed by atoms with Crippen molar-refractivity contribution < 1.29 is 19.1 Å². The lowest BCUT2D eigenvalue weighted by molar-refractivity contribution is -0.149.